The van der Waals surface area contributed by atoms with E-state index >= 15 is 0 Å². The first kappa shape index (κ1) is 31.7. The molecule has 39 heavy (non-hydrogen) atoms. The number of hydrogen-bond donors (Lipinski definition) is 1. The van der Waals surface area contributed by atoms with Gasteiger partial charge in [0.1, 0.15) is 24.7 Å². The number of carbonyl (C=O) groups excluding carboxylic acids is 5. The second-order valence-corrected chi connectivity index (χ2v) is 9.50. The lowest BCUT2D eigenvalue weighted by atomic mass is 9.97. The predicted octanol–water partition coefficient (Wildman–Crippen LogP) is 2.77. The van der Waals surface area contributed by atoms with Crippen molar-refractivity contribution in [3.63, 3.8) is 0 Å². The molecule has 2 unspecified atom stereocenters. The summed E-state index contributed by atoms with van der Waals surface area (Å²) in [5.41, 5.74) is 2.27. The van der Waals surface area contributed by atoms with E-state index in [9.17, 15) is 24.0 Å². The first-order chi connectivity index (χ1) is 18.8. The van der Waals surface area contributed by atoms with Crippen molar-refractivity contribution >= 4 is 36.2 Å². The molecule has 1 N–H and O–H groups in total. The van der Waals surface area contributed by atoms with Crippen LogP contribution in [0.4, 0.5) is 10.5 Å². The van der Waals surface area contributed by atoms with Crippen LogP contribution in [0.3, 0.4) is 0 Å². The Kier molecular flexibility index (Phi) is 12.9. The molecule has 2 aliphatic rings. The molecule has 11 nitrogen and oxygen atoms in total. The van der Waals surface area contributed by atoms with Crippen LogP contribution in [0.2, 0.25) is 0 Å². The lowest BCUT2D eigenvalue weighted by molar-refractivity contribution is -0.139. The highest BCUT2D eigenvalue weighted by atomic mass is 16.7. The number of likely N-dealkylation sites (N-methyl/N-ethyl adjacent to an activating group) is 1. The Bertz CT molecular complexity index is 993. The summed E-state index contributed by atoms with van der Waals surface area (Å²) in [5.74, 6) is -0.675. The molecule has 2 aliphatic heterocycles. The van der Waals surface area contributed by atoms with Gasteiger partial charge in [0.2, 0.25) is 5.91 Å². The summed E-state index contributed by atoms with van der Waals surface area (Å²) in [6.45, 7) is 6.81. The highest BCUT2D eigenvalue weighted by Crippen LogP contribution is 2.31. The summed E-state index contributed by atoms with van der Waals surface area (Å²) in [6, 6.07) is 4.69. The fourth-order valence-electron chi connectivity index (χ4n) is 4.62. The van der Waals surface area contributed by atoms with Crippen LogP contribution in [0.5, 0.6) is 0 Å². The summed E-state index contributed by atoms with van der Waals surface area (Å²) in [7, 11) is 1.44. The van der Waals surface area contributed by atoms with Crippen molar-refractivity contribution in [2.45, 2.75) is 71.6 Å². The first-order valence-corrected chi connectivity index (χ1v) is 13.6. The van der Waals surface area contributed by atoms with Crippen LogP contribution in [0, 0.1) is 5.92 Å². The van der Waals surface area contributed by atoms with Crippen molar-refractivity contribution < 1.29 is 38.6 Å². The van der Waals surface area contributed by atoms with Crippen LogP contribution in [0.15, 0.2) is 18.2 Å². The predicted molar refractivity (Wildman–Crippen MR) is 144 cm³/mol. The third-order valence-corrected chi connectivity index (χ3v) is 6.82. The second kappa shape index (κ2) is 15.8. The molecule has 0 aromatic heterocycles. The van der Waals surface area contributed by atoms with E-state index in [0.29, 0.717) is 11.8 Å². The molecule has 3 rings (SSSR count). The van der Waals surface area contributed by atoms with E-state index in [2.05, 4.69) is 4.90 Å². The maximum atomic E-state index is 13.3. The fraction of sp³-hybridized carbons (Fsp3) is 0.607. The number of hydrogen-bond acceptors (Lipinski definition) is 9. The number of nitrogens with zero attached hydrogens (tertiary/aromatic N) is 3. The van der Waals surface area contributed by atoms with Gasteiger partial charge in [-0.15, -0.1) is 0 Å². The Balaban J connectivity index is 0.00000260. The SMILES string of the molecule is CC.CC(CCO)OC(=O)OCN(C)C(=O)C(CCC=O)N1Cc2cc(N3CCC(C=O)CC3)ccc2C1=O. The Morgan fingerprint density at radius 2 is 1.87 bits per heavy atom. The van der Waals surface area contributed by atoms with E-state index in [1.54, 1.807) is 13.0 Å². The van der Waals surface area contributed by atoms with Crippen LogP contribution in [-0.2, 0) is 30.4 Å². The minimum atomic E-state index is -0.973. The molecule has 0 radical (unpaired) electrons. The van der Waals surface area contributed by atoms with Gasteiger partial charge in [-0.1, -0.05) is 13.8 Å². The van der Waals surface area contributed by atoms with E-state index in [0.717, 1.165) is 43.5 Å². The van der Waals surface area contributed by atoms with Crippen molar-refractivity contribution in [2.24, 2.45) is 5.92 Å². The number of ether oxygens (including phenoxy) is 2. The van der Waals surface area contributed by atoms with Crippen LogP contribution >= 0.6 is 0 Å². The lowest BCUT2D eigenvalue weighted by Crippen LogP contribution is -2.48. The van der Waals surface area contributed by atoms with Gasteiger partial charge < -0.3 is 38.9 Å². The summed E-state index contributed by atoms with van der Waals surface area (Å²) < 4.78 is 10.00. The van der Waals surface area contributed by atoms with Crippen LogP contribution < -0.4 is 4.90 Å². The Morgan fingerprint density at radius 1 is 1.18 bits per heavy atom. The average Bonchev–Trinajstić information content (AvgIpc) is 3.28. The fourth-order valence-corrected chi connectivity index (χ4v) is 4.62. The molecule has 0 spiro atoms. The number of aliphatic hydroxyl groups is 1. The highest BCUT2D eigenvalue weighted by molar-refractivity contribution is 6.01. The molecule has 1 aromatic carbocycles. The van der Waals surface area contributed by atoms with E-state index in [-0.39, 0.29) is 44.2 Å². The van der Waals surface area contributed by atoms with Crippen molar-refractivity contribution in [2.75, 3.05) is 38.4 Å². The zero-order valence-corrected chi connectivity index (χ0v) is 23.3. The molecule has 0 aliphatic carbocycles. The average molecular weight is 548 g/mol. The smallest absolute Gasteiger partial charge is 0.431 e. The standard InChI is InChI=1S/C26H35N3O8.C2H6/c1-18(9-13-31)37-26(35)36-17-27(2)25(34)23(4-3-12-30)29-15-20-14-21(5-6-22(20)24(29)33)28-10-7-19(16-32)8-11-28;1-2/h5-6,12,14,16,18-19,23,31H,3-4,7-11,13,15,17H2,1-2H3;1-2H3. The van der Waals surface area contributed by atoms with Crippen LogP contribution in [0.25, 0.3) is 0 Å². The van der Waals surface area contributed by atoms with E-state index in [4.69, 9.17) is 14.6 Å². The lowest BCUT2D eigenvalue weighted by Gasteiger charge is -2.31. The molecule has 1 aromatic rings. The van der Waals surface area contributed by atoms with Gasteiger partial charge in [0.15, 0.2) is 6.73 Å². The van der Waals surface area contributed by atoms with Gasteiger partial charge in [-0.25, -0.2) is 4.79 Å². The second-order valence-electron chi connectivity index (χ2n) is 9.50. The van der Waals surface area contributed by atoms with Gasteiger partial charge in [0.25, 0.3) is 5.91 Å². The Labute approximate surface area is 230 Å². The topological polar surface area (TPSA) is 134 Å². The minimum Gasteiger partial charge on any atom is -0.431 e. The number of fused-ring (bicyclic) bond motifs is 1. The normalized spacial score (nSPS) is 16.4. The van der Waals surface area contributed by atoms with Crippen molar-refractivity contribution in [3.8, 4) is 0 Å². The molecule has 1 fully saturated rings. The number of carbonyl (C=O) groups is 5. The number of rotatable bonds is 12. The molecule has 11 heteroatoms. The number of anilines is 1. The molecular formula is C28H41N3O8. The van der Waals surface area contributed by atoms with Crippen molar-refractivity contribution in [1.29, 1.82) is 0 Å². The molecule has 2 amide bonds. The summed E-state index contributed by atoms with van der Waals surface area (Å²) >= 11 is 0. The number of aldehydes is 2. The van der Waals surface area contributed by atoms with Gasteiger partial charge >= 0.3 is 6.16 Å². The molecular weight excluding hydrogens is 506 g/mol. The molecule has 216 valence electrons. The first-order valence-electron chi connectivity index (χ1n) is 13.6. The summed E-state index contributed by atoms with van der Waals surface area (Å²) in [5, 5.41) is 8.91. The van der Waals surface area contributed by atoms with Gasteiger partial charge in [-0.05, 0) is 49.9 Å². The Morgan fingerprint density at radius 3 is 2.49 bits per heavy atom. The zero-order chi connectivity index (χ0) is 28.9. The zero-order valence-electron chi connectivity index (χ0n) is 23.3. The third kappa shape index (κ3) is 8.51. The van der Waals surface area contributed by atoms with E-state index < -0.39 is 30.9 Å². The van der Waals surface area contributed by atoms with Crippen LogP contribution in [-0.4, -0.2) is 91.1 Å². The van der Waals surface area contributed by atoms with E-state index in [1.807, 2.05) is 26.0 Å². The van der Waals surface area contributed by atoms with Crippen molar-refractivity contribution in [1.82, 2.24) is 9.80 Å². The Hall–Kier alpha value is -3.47. The maximum absolute atomic E-state index is 13.3. The largest absolute Gasteiger partial charge is 0.510 e. The van der Waals surface area contributed by atoms with E-state index in [1.165, 1.54) is 16.8 Å². The molecule has 2 atom stereocenters. The molecule has 0 bridgehead atoms. The third-order valence-electron chi connectivity index (χ3n) is 6.82. The monoisotopic (exact) mass is 547 g/mol. The van der Waals surface area contributed by atoms with Gasteiger partial charge in [0.05, 0.1) is 0 Å². The number of benzene rings is 1. The summed E-state index contributed by atoms with van der Waals surface area (Å²) in [6.07, 6.45) is 2.25. The van der Waals surface area contributed by atoms with Crippen molar-refractivity contribution in [3.05, 3.63) is 29.3 Å². The van der Waals surface area contributed by atoms with Gasteiger partial charge in [-0.2, -0.15) is 0 Å². The van der Waals surface area contributed by atoms with Gasteiger partial charge in [0, 0.05) is 63.3 Å². The summed E-state index contributed by atoms with van der Waals surface area (Å²) in [4.78, 5) is 65.3. The number of amides is 2. The number of piperidine rings is 1. The molecule has 2 heterocycles. The van der Waals surface area contributed by atoms with Crippen LogP contribution in [0.1, 0.15) is 68.8 Å². The molecule has 0 saturated carbocycles. The minimum absolute atomic E-state index is 0.0825. The molecule has 1 saturated heterocycles. The quantitative estimate of drug-likeness (QED) is 0.238. The maximum Gasteiger partial charge on any atom is 0.510 e. The highest BCUT2D eigenvalue weighted by Gasteiger charge is 2.38. The van der Waals surface area contributed by atoms with Gasteiger partial charge in [-0.3, -0.25) is 9.59 Å². The number of aliphatic hydroxyl groups excluding tert-OH is 1.